The van der Waals surface area contributed by atoms with E-state index in [0.717, 1.165) is 12.0 Å². The quantitative estimate of drug-likeness (QED) is 0.664. The Kier molecular flexibility index (Phi) is 4.24. The SMILES string of the molecule is N#Cc1ccnc(NCCc2ccccc2)c1[N+](=O)[O-]. The van der Waals surface area contributed by atoms with Crippen molar-refractivity contribution >= 4 is 11.5 Å². The summed E-state index contributed by atoms with van der Waals surface area (Å²) in [6.07, 6.45) is 2.10. The molecule has 0 fully saturated rings. The van der Waals surface area contributed by atoms with Gasteiger partial charge in [0, 0.05) is 12.7 Å². The molecule has 0 amide bonds. The van der Waals surface area contributed by atoms with Gasteiger partial charge >= 0.3 is 5.69 Å². The standard InChI is InChI=1S/C14H12N4O2/c15-10-12-7-9-17-14(13(12)18(19)20)16-8-6-11-4-2-1-3-5-11/h1-5,7,9H,6,8H2,(H,16,17). The molecule has 20 heavy (non-hydrogen) atoms. The summed E-state index contributed by atoms with van der Waals surface area (Å²) < 4.78 is 0. The molecule has 0 aliphatic rings. The lowest BCUT2D eigenvalue weighted by Crippen LogP contribution is -2.09. The molecule has 1 aromatic carbocycles. The molecule has 0 spiro atoms. The second kappa shape index (κ2) is 6.29. The first kappa shape index (κ1) is 13.5. The first-order valence-electron chi connectivity index (χ1n) is 6.03. The zero-order valence-corrected chi connectivity index (χ0v) is 10.6. The maximum Gasteiger partial charge on any atom is 0.328 e. The number of nitriles is 1. The number of nitro groups is 1. The summed E-state index contributed by atoms with van der Waals surface area (Å²) >= 11 is 0. The van der Waals surface area contributed by atoms with E-state index >= 15 is 0 Å². The molecule has 0 aliphatic heterocycles. The van der Waals surface area contributed by atoms with Gasteiger partial charge in [0.2, 0.25) is 5.82 Å². The van der Waals surface area contributed by atoms with Crippen molar-refractivity contribution in [3.8, 4) is 6.07 Å². The van der Waals surface area contributed by atoms with Gasteiger partial charge in [-0.1, -0.05) is 30.3 Å². The topological polar surface area (TPSA) is 91.8 Å². The van der Waals surface area contributed by atoms with Crippen LogP contribution < -0.4 is 5.32 Å². The third-order valence-electron chi connectivity index (χ3n) is 2.78. The van der Waals surface area contributed by atoms with Crippen LogP contribution in [-0.2, 0) is 6.42 Å². The molecule has 6 nitrogen and oxygen atoms in total. The van der Waals surface area contributed by atoms with Crippen LogP contribution in [0.1, 0.15) is 11.1 Å². The van der Waals surface area contributed by atoms with Gasteiger partial charge in [-0.25, -0.2) is 4.98 Å². The minimum Gasteiger partial charge on any atom is -0.364 e. The zero-order chi connectivity index (χ0) is 14.4. The van der Waals surface area contributed by atoms with Gasteiger partial charge in [-0.15, -0.1) is 0 Å². The molecule has 6 heteroatoms. The average molecular weight is 268 g/mol. The van der Waals surface area contributed by atoms with Crippen LogP contribution in [-0.4, -0.2) is 16.5 Å². The number of hydrogen-bond donors (Lipinski definition) is 1. The predicted octanol–water partition coefficient (Wildman–Crippen LogP) is 2.52. The summed E-state index contributed by atoms with van der Waals surface area (Å²) in [6, 6.07) is 12.9. The number of hydrogen-bond acceptors (Lipinski definition) is 5. The van der Waals surface area contributed by atoms with Crippen molar-refractivity contribution < 1.29 is 4.92 Å². The minimum atomic E-state index is -0.587. The van der Waals surface area contributed by atoms with E-state index in [0.29, 0.717) is 6.54 Å². The molecule has 0 radical (unpaired) electrons. The Hall–Kier alpha value is -2.94. The molecule has 0 aliphatic carbocycles. The van der Waals surface area contributed by atoms with Crippen LogP contribution >= 0.6 is 0 Å². The first-order valence-corrected chi connectivity index (χ1v) is 6.03. The molecule has 1 heterocycles. The predicted molar refractivity (Wildman–Crippen MR) is 74.2 cm³/mol. The van der Waals surface area contributed by atoms with Crippen molar-refractivity contribution in [3.05, 3.63) is 63.8 Å². The van der Waals surface area contributed by atoms with Gasteiger partial charge in [0.05, 0.1) is 4.92 Å². The van der Waals surface area contributed by atoms with Crippen LogP contribution in [0, 0.1) is 21.4 Å². The van der Waals surface area contributed by atoms with E-state index in [9.17, 15) is 10.1 Å². The molecule has 0 saturated heterocycles. The van der Waals surface area contributed by atoms with Crippen LogP contribution in [0.15, 0.2) is 42.6 Å². The molecule has 2 aromatic rings. The highest BCUT2D eigenvalue weighted by molar-refractivity contribution is 5.64. The monoisotopic (exact) mass is 268 g/mol. The minimum absolute atomic E-state index is 0.00668. The Labute approximate surface area is 115 Å². The fourth-order valence-corrected chi connectivity index (χ4v) is 1.83. The molecular formula is C14H12N4O2. The number of pyridine rings is 1. The van der Waals surface area contributed by atoms with Crippen molar-refractivity contribution in [1.29, 1.82) is 5.26 Å². The molecule has 1 aromatic heterocycles. The molecule has 0 unspecified atom stereocenters. The van der Waals surface area contributed by atoms with E-state index in [1.54, 1.807) is 6.07 Å². The highest BCUT2D eigenvalue weighted by atomic mass is 16.6. The summed E-state index contributed by atoms with van der Waals surface area (Å²) in [5.74, 6) is 0.130. The van der Waals surface area contributed by atoms with Crippen molar-refractivity contribution in [2.24, 2.45) is 0 Å². The lowest BCUT2D eigenvalue weighted by atomic mass is 10.1. The van der Waals surface area contributed by atoms with E-state index in [-0.39, 0.29) is 17.1 Å². The van der Waals surface area contributed by atoms with E-state index in [4.69, 9.17) is 5.26 Å². The molecule has 0 saturated carbocycles. The molecule has 1 N–H and O–H groups in total. The molecule has 0 bridgehead atoms. The lowest BCUT2D eigenvalue weighted by molar-refractivity contribution is -0.384. The van der Waals surface area contributed by atoms with Gasteiger partial charge in [0.25, 0.3) is 0 Å². The van der Waals surface area contributed by atoms with Gasteiger partial charge in [-0.2, -0.15) is 5.26 Å². The van der Waals surface area contributed by atoms with Crippen molar-refractivity contribution in [1.82, 2.24) is 4.98 Å². The highest BCUT2D eigenvalue weighted by Crippen LogP contribution is 2.25. The van der Waals surface area contributed by atoms with Crippen molar-refractivity contribution in [3.63, 3.8) is 0 Å². The fraction of sp³-hybridized carbons (Fsp3) is 0.143. The summed E-state index contributed by atoms with van der Waals surface area (Å²) in [6.45, 7) is 0.507. The van der Waals surface area contributed by atoms with Crippen LogP contribution in [0.5, 0.6) is 0 Å². The van der Waals surface area contributed by atoms with Crippen LogP contribution in [0.4, 0.5) is 11.5 Å². The number of aromatic nitrogens is 1. The summed E-state index contributed by atoms with van der Waals surface area (Å²) in [4.78, 5) is 14.4. The highest BCUT2D eigenvalue weighted by Gasteiger charge is 2.20. The third-order valence-corrected chi connectivity index (χ3v) is 2.78. The number of nitrogens with one attached hydrogen (secondary N) is 1. The van der Waals surface area contributed by atoms with E-state index < -0.39 is 4.92 Å². The summed E-state index contributed by atoms with van der Waals surface area (Å²) in [5.41, 5.74) is 0.856. The van der Waals surface area contributed by atoms with Gasteiger partial charge < -0.3 is 5.32 Å². The van der Waals surface area contributed by atoms with Crippen molar-refractivity contribution in [2.45, 2.75) is 6.42 Å². The van der Waals surface area contributed by atoms with Gasteiger partial charge in [0.1, 0.15) is 11.6 Å². The maximum atomic E-state index is 11.0. The average Bonchev–Trinajstić information content (AvgIpc) is 2.47. The molecular weight excluding hydrogens is 256 g/mol. The summed E-state index contributed by atoms with van der Waals surface area (Å²) in [7, 11) is 0. The smallest absolute Gasteiger partial charge is 0.328 e. The van der Waals surface area contributed by atoms with E-state index in [2.05, 4.69) is 10.3 Å². The van der Waals surface area contributed by atoms with Crippen LogP contribution in [0.2, 0.25) is 0 Å². The first-order chi connectivity index (χ1) is 9.72. The third kappa shape index (κ3) is 3.09. The largest absolute Gasteiger partial charge is 0.364 e. The van der Waals surface area contributed by atoms with Crippen LogP contribution in [0.25, 0.3) is 0 Å². The number of nitrogens with zero attached hydrogens (tertiary/aromatic N) is 3. The van der Waals surface area contributed by atoms with E-state index in [1.807, 2.05) is 30.3 Å². The Bertz CT molecular complexity index is 650. The normalized spacial score (nSPS) is 9.75. The molecule has 100 valence electrons. The number of rotatable bonds is 5. The Morgan fingerprint density at radius 3 is 2.70 bits per heavy atom. The number of benzene rings is 1. The molecule has 0 atom stereocenters. The van der Waals surface area contributed by atoms with E-state index in [1.165, 1.54) is 12.3 Å². The van der Waals surface area contributed by atoms with Gasteiger partial charge in [-0.3, -0.25) is 10.1 Å². The Morgan fingerprint density at radius 1 is 1.30 bits per heavy atom. The fourth-order valence-electron chi connectivity index (χ4n) is 1.83. The Morgan fingerprint density at radius 2 is 2.05 bits per heavy atom. The zero-order valence-electron chi connectivity index (χ0n) is 10.6. The molecule has 2 rings (SSSR count). The maximum absolute atomic E-state index is 11.0. The van der Waals surface area contributed by atoms with Gasteiger partial charge in [-0.05, 0) is 18.1 Å². The van der Waals surface area contributed by atoms with Crippen LogP contribution in [0.3, 0.4) is 0 Å². The van der Waals surface area contributed by atoms with Crippen molar-refractivity contribution in [2.75, 3.05) is 11.9 Å². The van der Waals surface area contributed by atoms with Gasteiger partial charge in [0.15, 0.2) is 0 Å². The second-order valence-corrected chi connectivity index (χ2v) is 4.09. The Balaban J connectivity index is 2.10. The summed E-state index contributed by atoms with van der Waals surface area (Å²) in [5, 5.41) is 22.8. The second-order valence-electron chi connectivity index (χ2n) is 4.09. The lowest BCUT2D eigenvalue weighted by Gasteiger charge is -2.06. The number of anilines is 1.